The fourth-order valence-corrected chi connectivity index (χ4v) is 0.587. The van der Waals surface area contributed by atoms with Crippen molar-refractivity contribution in [2.75, 3.05) is 20.8 Å². The number of nitrogens with one attached hydrogen (secondary N) is 1. The smallest absolute Gasteiger partial charge is 0.0606 e. The molecule has 0 bridgehead atoms. The zero-order valence-electron chi connectivity index (χ0n) is 8.31. The molecule has 0 aliphatic carbocycles. The van der Waals surface area contributed by atoms with Crippen molar-refractivity contribution in [3.63, 3.8) is 0 Å². The number of nitrogens with two attached hydrogens (primary N) is 1. The van der Waals surface area contributed by atoms with Crippen LogP contribution in [0.3, 0.4) is 0 Å². The molecule has 0 aliphatic heterocycles. The van der Waals surface area contributed by atoms with Crippen LogP contribution in [0.5, 0.6) is 0 Å². The summed E-state index contributed by atoms with van der Waals surface area (Å²) in [6.07, 6.45) is 0.0601. The molecule has 0 heterocycles. The summed E-state index contributed by atoms with van der Waals surface area (Å²) in [6.45, 7) is 7.21. The maximum Gasteiger partial charge on any atom is 0.0606 e. The summed E-state index contributed by atoms with van der Waals surface area (Å²) in [5.41, 5.74) is 6.00. The highest BCUT2D eigenvalue weighted by atomic mass is 15.2. The standard InChI is InChI=1S/C8H21N3/c1-8(2,3)7(9)10-6-11(4)5/h7,10H,6,9H2,1-5H3. The first-order valence-electron chi connectivity index (χ1n) is 3.97. The van der Waals surface area contributed by atoms with Crippen LogP contribution in [-0.4, -0.2) is 31.8 Å². The molecule has 1 atom stereocenters. The molecule has 0 saturated carbocycles. The van der Waals surface area contributed by atoms with E-state index in [9.17, 15) is 0 Å². The van der Waals surface area contributed by atoms with Crippen molar-refractivity contribution in [2.24, 2.45) is 11.1 Å². The van der Waals surface area contributed by atoms with Gasteiger partial charge < -0.3 is 5.73 Å². The highest BCUT2D eigenvalue weighted by molar-refractivity contribution is 4.73. The summed E-state index contributed by atoms with van der Waals surface area (Å²) in [5.74, 6) is 0. The lowest BCUT2D eigenvalue weighted by Crippen LogP contribution is -2.50. The highest BCUT2D eigenvalue weighted by Crippen LogP contribution is 2.14. The van der Waals surface area contributed by atoms with Crippen molar-refractivity contribution in [1.29, 1.82) is 0 Å². The molecule has 0 aromatic heterocycles. The van der Waals surface area contributed by atoms with Gasteiger partial charge in [-0.25, -0.2) is 0 Å². The average molecular weight is 159 g/mol. The van der Waals surface area contributed by atoms with E-state index in [-0.39, 0.29) is 11.6 Å². The second-order valence-corrected chi connectivity index (χ2v) is 4.29. The van der Waals surface area contributed by atoms with Gasteiger partial charge in [0, 0.05) is 6.67 Å². The Labute approximate surface area is 69.9 Å². The van der Waals surface area contributed by atoms with Crippen molar-refractivity contribution < 1.29 is 0 Å². The van der Waals surface area contributed by atoms with Crippen molar-refractivity contribution in [1.82, 2.24) is 10.2 Å². The van der Waals surface area contributed by atoms with Crippen LogP contribution in [0.1, 0.15) is 20.8 Å². The Balaban J connectivity index is 3.61. The molecule has 1 unspecified atom stereocenters. The molecular weight excluding hydrogens is 138 g/mol. The molecule has 0 radical (unpaired) electrons. The van der Waals surface area contributed by atoms with E-state index in [1.165, 1.54) is 0 Å². The highest BCUT2D eigenvalue weighted by Gasteiger charge is 2.19. The lowest BCUT2D eigenvalue weighted by atomic mass is 9.93. The van der Waals surface area contributed by atoms with E-state index >= 15 is 0 Å². The molecule has 3 N–H and O–H groups in total. The first kappa shape index (κ1) is 10.9. The van der Waals surface area contributed by atoms with E-state index in [2.05, 4.69) is 31.0 Å². The van der Waals surface area contributed by atoms with Crippen LogP contribution < -0.4 is 11.1 Å². The molecule has 0 aromatic carbocycles. The van der Waals surface area contributed by atoms with Crippen LogP contribution in [-0.2, 0) is 0 Å². The molecule has 0 aliphatic rings. The SMILES string of the molecule is CN(C)CNC(N)C(C)(C)C. The minimum absolute atomic E-state index is 0.0601. The molecular formula is C8H21N3. The molecule has 0 fully saturated rings. The van der Waals surface area contributed by atoms with Crippen molar-refractivity contribution in [2.45, 2.75) is 26.9 Å². The van der Waals surface area contributed by atoms with Gasteiger partial charge in [0.2, 0.25) is 0 Å². The van der Waals surface area contributed by atoms with Crippen LogP contribution in [0.4, 0.5) is 0 Å². The maximum atomic E-state index is 5.86. The Morgan fingerprint density at radius 2 is 1.82 bits per heavy atom. The third kappa shape index (κ3) is 5.18. The molecule has 68 valence electrons. The van der Waals surface area contributed by atoms with E-state index in [1.54, 1.807) is 0 Å². The van der Waals surface area contributed by atoms with Gasteiger partial charge in [0.1, 0.15) is 0 Å². The van der Waals surface area contributed by atoms with E-state index in [4.69, 9.17) is 5.73 Å². The fraction of sp³-hybridized carbons (Fsp3) is 1.00. The summed E-state index contributed by atoms with van der Waals surface area (Å²) < 4.78 is 0. The second-order valence-electron chi connectivity index (χ2n) is 4.29. The molecule has 3 nitrogen and oxygen atoms in total. The Kier molecular flexibility index (Phi) is 4.00. The van der Waals surface area contributed by atoms with Crippen LogP contribution >= 0.6 is 0 Å². The zero-order valence-corrected chi connectivity index (χ0v) is 8.31. The lowest BCUT2D eigenvalue weighted by molar-refractivity contribution is 0.236. The van der Waals surface area contributed by atoms with Crippen LogP contribution in [0, 0.1) is 5.41 Å². The van der Waals surface area contributed by atoms with Crippen LogP contribution in [0.25, 0.3) is 0 Å². The number of nitrogens with zero attached hydrogens (tertiary/aromatic N) is 1. The molecule has 0 amide bonds. The first-order valence-corrected chi connectivity index (χ1v) is 3.97. The molecule has 0 saturated heterocycles. The van der Waals surface area contributed by atoms with Crippen molar-refractivity contribution >= 4 is 0 Å². The third-order valence-corrected chi connectivity index (χ3v) is 1.56. The van der Waals surface area contributed by atoms with Crippen LogP contribution in [0.2, 0.25) is 0 Å². The maximum absolute atomic E-state index is 5.86. The molecule has 0 aromatic rings. The number of hydrogen-bond donors (Lipinski definition) is 2. The predicted molar refractivity (Wildman–Crippen MR) is 49.1 cm³/mol. The minimum Gasteiger partial charge on any atom is -0.315 e. The van der Waals surface area contributed by atoms with Gasteiger partial charge in [0.15, 0.2) is 0 Å². The number of rotatable bonds is 3. The van der Waals surface area contributed by atoms with Gasteiger partial charge in [-0.15, -0.1) is 0 Å². The molecule has 0 rings (SSSR count). The summed E-state index contributed by atoms with van der Waals surface area (Å²) in [4.78, 5) is 2.06. The predicted octanol–water partition coefficient (Wildman–Crippen LogP) is 0.426. The van der Waals surface area contributed by atoms with Gasteiger partial charge in [-0.05, 0) is 19.5 Å². The van der Waals surface area contributed by atoms with Gasteiger partial charge in [-0.1, -0.05) is 20.8 Å². The summed E-state index contributed by atoms with van der Waals surface area (Å²) >= 11 is 0. The number of hydrogen-bond acceptors (Lipinski definition) is 3. The van der Waals surface area contributed by atoms with Gasteiger partial charge >= 0.3 is 0 Å². The summed E-state index contributed by atoms with van der Waals surface area (Å²) in [6, 6.07) is 0. The summed E-state index contributed by atoms with van der Waals surface area (Å²) in [7, 11) is 4.03. The molecule has 0 spiro atoms. The van der Waals surface area contributed by atoms with E-state index in [0.717, 1.165) is 6.67 Å². The normalized spacial score (nSPS) is 15.5. The van der Waals surface area contributed by atoms with Gasteiger partial charge in [-0.2, -0.15) is 0 Å². The van der Waals surface area contributed by atoms with Gasteiger partial charge in [-0.3, -0.25) is 10.2 Å². The van der Waals surface area contributed by atoms with Crippen molar-refractivity contribution in [3.05, 3.63) is 0 Å². The Bertz CT molecular complexity index is 104. The second kappa shape index (κ2) is 4.04. The Morgan fingerprint density at radius 1 is 1.36 bits per heavy atom. The zero-order chi connectivity index (χ0) is 9.07. The van der Waals surface area contributed by atoms with E-state index in [1.807, 2.05) is 14.1 Å². The largest absolute Gasteiger partial charge is 0.315 e. The van der Waals surface area contributed by atoms with Crippen molar-refractivity contribution in [3.8, 4) is 0 Å². The molecule has 11 heavy (non-hydrogen) atoms. The fourth-order valence-electron chi connectivity index (χ4n) is 0.587. The Hall–Kier alpha value is -0.120. The first-order chi connectivity index (χ1) is 4.84. The third-order valence-electron chi connectivity index (χ3n) is 1.56. The average Bonchev–Trinajstić information content (AvgIpc) is 1.80. The minimum atomic E-state index is 0.0601. The topological polar surface area (TPSA) is 41.3 Å². The monoisotopic (exact) mass is 159 g/mol. The molecule has 3 heteroatoms. The van der Waals surface area contributed by atoms with E-state index in [0.29, 0.717) is 0 Å². The van der Waals surface area contributed by atoms with E-state index < -0.39 is 0 Å². The quantitative estimate of drug-likeness (QED) is 0.587. The Morgan fingerprint density at radius 3 is 2.09 bits per heavy atom. The van der Waals surface area contributed by atoms with Crippen LogP contribution in [0.15, 0.2) is 0 Å². The summed E-state index contributed by atoms with van der Waals surface area (Å²) in [5, 5.41) is 3.23. The van der Waals surface area contributed by atoms with Gasteiger partial charge in [0.05, 0.1) is 6.17 Å². The van der Waals surface area contributed by atoms with Gasteiger partial charge in [0.25, 0.3) is 0 Å². The lowest BCUT2D eigenvalue weighted by Gasteiger charge is -2.29.